The molecule has 2 aliphatic carbocycles. The lowest BCUT2D eigenvalue weighted by molar-refractivity contribution is 0.0806. The van der Waals surface area contributed by atoms with Gasteiger partial charge in [0.25, 0.3) is 11.8 Å². The molecule has 186 valence electrons. The maximum atomic E-state index is 13.7. The normalized spacial score (nSPS) is 21.3. The number of rotatable bonds is 3. The summed E-state index contributed by atoms with van der Waals surface area (Å²) in [5.41, 5.74) is 6.67. The number of benzene rings is 2. The minimum absolute atomic E-state index is 0.0777. The van der Waals surface area contributed by atoms with Crippen LogP contribution in [-0.4, -0.2) is 44.0 Å². The summed E-state index contributed by atoms with van der Waals surface area (Å²) in [5.74, 6) is -0.129. The van der Waals surface area contributed by atoms with Crippen LogP contribution >= 0.6 is 0 Å². The summed E-state index contributed by atoms with van der Waals surface area (Å²) >= 11 is 0. The summed E-state index contributed by atoms with van der Waals surface area (Å²) in [6.07, 6.45) is 4.50. The number of H-pyrrole nitrogens is 3. The zero-order valence-corrected chi connectivity index (χ0v) is 20.5. The van der Waals surface area contributed by atoms with Crippen molar-refractivity contribution in [2.45, 2.75) is 18.8 Å². The van der Waals surface area contributed by atoms with Crippen molar-refractivity contribution in [3.05, 3.63) is 101 Å². The van der Waals surface area contributed by atoms with Gasteiger partial charge in [-0.25, -0.2) is 0 Å². The van der Waals surface area contributed by atoms with Crippen molar-refractivity contribution in [3.8, 4) is 0 Å². The van der Waals surface area contributed by atoms with Crippen molar-refractivity contribution in [2.24, 2.45) is 5.92 Å². The molecule has 3 aliphatic rings. The van der Waals surface area contributed by atoms with E-state index in [1.807, 2.05) is 67.7 Å². The molecule has 2 atom stereocenters. The number of allylic oxidation sites excluding steroid dienone is 2. The molecule has 38 heavy (non-hydrogen) atoms. The maximum Gasteiger partial charge on any atom is 0.274 e. The number of aromatic nitrogens is 3. The Labute approximate surface area is 216 Å². The molecular formula is C30H23N5O3. The number of hydrogen-bond acceptors (Lipinski definition) is 3. The second-order valence-electron chi connectivity index (χ2n) is 10.6. The van der Waals surface area contributed by atoms with Gasteiger partial charge in [-0.1, -0.05) is 18.2 Å². The second kappa shape index (κ2) is 7.13. The zero-order chi connectivity index (χ0) is 25.8. The summed E-state index contributed by atoms with van der Waals surface area (Å²) in [7, 11) is 0. The highest BCUT2D eigenvalue weighted by molar-refractivity contribution is 6.10. The van der Waals surface area contributed by atoms with Gasteiger partial charge in [-0.15, -0.1) is 0 Å². The van der Waals surface area contributed by atoms with Crippen molar-refractivity contribution in [1.82, 2.24) is 19.9 Å². The summed E-state index contributed by atoms with van der Waals surface area (Å²) in [6.45, 7) is 2.62. The zero-order valence-electron chi connectivity index (χ0n) is 20.5. The predicted molar refractivity (Wildman–Crippen MR) is 143 cm³/mol. The third-order valence-electron chi connectivity index (χ3n) is 8.42. The van der Waals surface area contributed by atoms with E-state index in [0.29, 0.717) is 35.2 Å². The topological polar surface area (TPSA) is 114 Å². The van der Waals surface area contributed by atoms with Crippen LogP contribution in [-0.2, 0) is 5.41 Å². The second-order valence-corrected chi connectivity index (χ2v) is 10.6. The fourth-order valence-corrected chi connectivity index (χ4v) is 6.61. The molecule has 0 bridgehead atoms. The molecular weight excluding hydrogens is 478 g/mol. The number of hydrogen-bond donors (Lipinski definition) is 4. The van der Waals surface area contributed by atoms with Gasteiger partial charge in [0.05, 0.1) is 5.69 Å². The molecule has 1 aliphatic heterocycles. The molecule has 4 heterocycles. The smallest absolute Gasteiger partial charge is 0.274 e. The lowest BCUT2D eigenvalue weighted by atomic mass is 9.83. The van der Waals surface area contributed by atoms with E-state index in [1.54, 1.807) is 11.0 Å². The lowest BCUT2D eigenvalue weighted by Crippen LogP contribution is -2.34. The molecule has 8 nitrogen and oxygen atoms in total. The lowest BCUT2D eigenvalue weighted by Gasteiger charge is -2.28. The van der Waals surface area contributed by atoms with Gasteiger partial charge in [-0.05, 0) is 66.8 Å². The third kappa shape index (κ3) is 2.77. The van der Waals surface area contributed by atoms with Gasteiger partial charge in [0, 0.05) is 57.4 Å². The van der Waals surface area contributed by atoms with Crippen LogP contribution < -0.4 is 5.32 Å². The number of piperidine rings is 1. The molecule has 4 N–H and O–H groups in total. The fourth-order valence-electron chi connectivity index (χ4n) is 6.61. The predicted octanol–water partition coefficient (Wildman–Crippen LogP) is 5.03. The van der Waals surface area contributed by atoms with Crippen molar-refractivity contribution >= 4 is 45.1 Å². The van der Waals surface area contributed by atoms with Crippen molar-refractivity contribution in [2.75, 3.05) is 11.9 Å². The van der Waals surface area contributed by atoms with Gasteiger partial charge < -0.3 is 25.2 Å². The summed E-state index contributed by atoms with van der Waals surface area (Å²) in [5, 5.41) is 4.73. The van der Waals surface area contributed by atoms with E-state index < -0.39 is 0 Å². The van der Waals surface area contributed by atoms with Crippen LogP contribution in [0.15, 0.2) is 72.6 Å². The fraction of sp³-hybridized carbons (Fsp3) is 0.167. The Morgan fingerprint density at radius 2 is 1.79 bits per heavy atom. The Morgan fingerprint density at radius 3 is 2.66 bits per heavy atom. The van der Waals surface area contributed by atoms with Gasteiger partial charge in [-0.2, -0.15) is 0 Å². The molecule has 2 fully saturated rings. The quantitative estimate of drug-likeness (QED) is 0.278. The van der Waals surface area contributed by atoms with Crippen LogP contribution in [0.5, 0.6) is 0 Å². The SMILES string of the molecule is Cc1c[nH]c2c1[C@]13CC1CN(C(=O)c1cc4cc(NC(=O)c5cc6ccccc6[nH]5)ccc4[nH]1)C3=CC2=O. The number of aryl methyl sites for hydroxylation is 1. The number of likely N-dealkylation sites (tertiary alicyclic amines) is 1. The van der Waals surface area contributed by atoms with Gasteiger partial charge in [0.1, 0.15) is 11.4 Å². The first-order valence-corrected chi connectivity index (χ1v) is 12.7. The number of anilines is 1. The van der Waals surface area contributed by atoms with E-state index in [-0.39, 0.29) is 23.0 Å². The van der Waals surface area contributed by atoms with Crippen LogP contribution in [0, 0.1) is 12.8 Å². The minimum Gasteiger partial charge on any atom is -0.358 e. The van der Waals surface area contributed by atoms with Gasteiger partial charge in [0.2, 0.25) is 5.78 Å². The molecule has 8 rings (SSSR count). The molecule has 2 aromatic carbocycles. The first kappa shape index (κ1) is 21.3. The number of nitrogens with zero attached hydrogens (tertiary/aromatic N) is 1. The van der Waals surface area contributed by atoms with Crippen molar-refractivity contribution < 1.29 is 14.4 Å². The number of nitrogens with one attached hydrogen (secondary N) is 4. The van der Waals surface area contributed by atoms with E-state index in [2.05, 4.69) is 20.3 Å². The molecule has 8 heteroatoms. The van der Waals surface area contributed by atoms with Gasteiger partial charge >= 0.3 is 0 Å². The van der Waals surface area contributed by atoms with E-state index in [4.69, 9.17) is 0 Å². The molecule has 1 saturated heterocycles. The van der Waals surface area contributed by atoms with E-state index in [1.165, 1.54) is 0 Å². The Morgan fingerprint density at radius 1 is 1.00 bits per heavy atom. The first-order valence-electron chi connectivity index (χ1n) is 12.7. The Kier molecular flexibility index (Phi) is 3.99. The average Bonchev–Trinajstić information content (AvgIpc) is 3.37. The monoisotopic (exact) mass is 501 g/mol. The van der Waals surface area contributed by atoms with Crippen molar-refractivity contribution in [1.29, 1.82) is 0 Å². The first-order chi connectivity index (χ1) is 18.4. The Bertz CT molecular complexity index is 1870. The standard InChI is InChI=1S/C30H23N5O3/c1-15-13-31-27-24(36)11-25-30(26(15)27)12-18(30)14-35(25)29(38)23-10-17-8-19(6-7-21(17)34-23)32-28(37)22-9-16-4-2-3-5-20(16)33-22/h2-11,13,18,31,33-34H,12,14H2,1H3,(H,32,37)/t18?,30-/m1/s1. The molecule has 0 radical (unpaired) electrons. The third-order valence-corrected chi connectivity index (χ3v) is 8.42. The van der Waals surface area contributed by atoms with E-state index in [0.717, 1.165) is 45.1 Å². The average molecular weight is 502 g/mol. The van der Waals surface area contributed by atoms with Crippen LogP contribution in [0.3, 0.4) is 0 Å². The molecule has 1 saturated carbocycles. The number of aromatic amines is 3. The number of carbonyl (C=O) groups excluding carboxylic acids is 3. The summed E-state index contributed by atoms with van der Waals surface area (Å²) in [6, 6.07) is 16.9. The maximum absolute atomic E-state index is 13.7. The Hall–Kier alpha value is -4.85. The summed E-state index contributed by atoms with van der Waals surface area (Å²) < 4.78 is 0. The highest BCUT2D eigenvalue weighted by atomic mass is 16.2. The van der Waals surface area contributed by atoms with Crippen LogP contribution in [0.2, 0.25) is 0 Å². The Balaban J connectivity index is 1.07. The summed E-state index contributed by atoms with van der Waals surface area (Å²) in [4.78, 5) is 50.6. The van der Waals surface area contributed by atoms with E-state index in [9.17, 15) is 14.4 Å². The minimum atomic E-state index is -0.234. The number of ketones is 1. The van der Waals surface area contributed by atoms with Gasteiger partial charge in [0.15, 0.2) is 0 Å². The molecule has 2 amide bonds. The number of amides is 2. The molecule has 3 aromatic heterocycles. The van der Waals surface area contributed by atoms with Gasteiger partial charge in [-0.3, -0.25) is 14.4 Å². The molecule has 5 aromatic rings. The highest BCUT2D eigenvalue weighted by Gasteiger charge is 2.68. The highest BCUT2D eigenvalue weighted by Crippen LogP contribution is 2.67. The number of fused-ring (bicyclic) bond motifs is 3. The van der Waals surface area contributed by atoms with E-state index >= 15 is 0 Å². The molecule has 1 spiro atoms. The van der Waals surface area contributed by atoms with Crippen LogP contribution in [0.1, 0.15) is 49.0 Å². The van der Waals surface area contributed by atoms with Crippen LogP contribution in [0.25, 0.3) is 21.8 Å². The van der Waals surface area contributed by atoms with Crippen LogP contribution in [0.4, 0.5) is 5.69 Å². The largest absolute Gasteiger partial charge is 0.358 e. The molecule has 1 unspecified atom stereocenters. The number of carbonyl (C=O) groups is 3. The van der Waals surface area contributed by atoms with Crippen molar-refractivity contribution in [3.63, 3.8) is 0 Å². The number of para-hydroxylation sites is 1.